The zero-order valence-corrected chi connectivity index (χ0v) is 4.92. The minimum Gasteiger partial charge on any atom is -0.345 e. The second kappa shape index (κ2) is 2.40. The Labute approximate surface area is 46.6 Å². The first-order valence-electron chi connectivity index (χ1n) is 1.66. The maximum absolute atomic E-state index is 9.90. The molecular weight excluding hydrogens is 136 g/mol. The molecule has 8 heavy (non-hydrogen) atoms. The van der Waals surface area contributed by atoms with Crippen molar-refractivity contribution in [3.05, 3.63) is 0 Å². The van der Waals surface area contributed by atoms with Crippen molar-refractivity contribution in [1.82, 2.24) is 0 Å². The van der Waals surface area contributed by atoms with Crippen molar-refractivity contribution in [3.8, 4) is 0 Å². The molecule has 0 aromatic heterocycles. The van der Waals surface area contributed by atoms with Gasteiger partial charge in [0, 0.05) is 0 Å². The van der Waals surface area contributed by atoms with Crippen molar-refractivity contribution in [2.45, 2.75) is 6.48 Å². The number of aliphatic hydroxyl groups is 2. The van der Waals surface area contributed by atoms with E-state index in [1.807, 2.05) is 0 Å². The van der Waals surface area contributed by atoms with Crippen LogP contribution in [0.15, 0.2) is 0 Å². The van der Waals surface area contributed by atoms with Gasteiger partial charge in [0.1, 0.15) is 0 Å². The zero-order valence-electron chi connectivity index (χ0n) is 4.10. The number of hydrogen-bond donors (Lipinski definition) is 2. The summed E-state index contributed by atoms with van der Waals surface area (Å²) in [7, 11) is -3.72. The highest BCUT2D eigenvalue weighted by molar-refractivity contribution is 7.85. The fourth-order valence-corrected chi connectivity index (χ4v) is 0.469. The van der Waals surface area contributed by atoms with Crippen LogP contribution in [0.4, 0.5) is 0 Å². The summed E-state index contributed by atoms with van der Waals surface area (Å²) < 4.78 is 23.3. The third-order valence-corrected chi connectivity index (χ3v) is 0.783. The minimum absolute atomic E-state index is 0.715. The summed E-state index contributed by atoms with van der Waals surface area (Å²) in [6.45, 7) is -2.25. The first-order chi connectivity index (χ1) is 3.42. The molecule has 5 nitrogen and oxygen atoms in total. The average Bonchev–Trinajstić information content (AvgIpc) is 1.21. The van der Waals surface area contributed by atoms with Gasteiger partial charge >= 0.3 is 0 Å². The van der Waals surface area contributed by atoms with Gasteiger partial charge in [-0.3, -0.25) is 0 Å². The Morgan fingerprint density at radius 1 is 1.50 bits per heavy atom. The van der Waals surface area contributed by atoms with Gasteiger partial charge in [-0.15, -0.1) is 0 Å². The molecule has 0 aromatic rings. The van der Waals surface area contributed by atoms with Gasteiger partial charge in [-0.05, 0) is 0 Å². The van der Waals surface area contributed by atoms with Crippen LogP contribution in [0.3, 0.4) is 0 Å². The summed E-state index contributed by atoms with van der Waals surface area (Å²) in [5, 5.41) is 15.7. The molecule has 0 aliphatic heterocycles. The normalized spacial score (nSPS) is 12.5. The highest BCUT2D eigenvalue weighted by Crippen LogP contribution is 1.87. The molecule has 0 aliphatic rings. The number of rotatable bonds is 2. The van der Waals surface area contributed by atoms with E-state index in [1.165, 1.54) is 0 Å². The van der Waals surface area contributed by atoms with Crippen LogP contribution in [0.5, 0.6) is 0 Å². The molecule has 0 aliphatic carbocycles. The van der Waals surface area contributed by atoms with Gasteiger partial charge in [-0.25, -0.2) is 4.18 Å². The molecule has 0 unspecified atom stereocenters. The SMILES string of the molecule is CS(=O)(=O)OC(O)O. The van der Waals surface area contributed by atoms with E-state index in [0.29, 0.717) is 6.26 Å². The molecule has 0 saturated carbocycles. The molecular formula is C2H6O5S. The van der Waals surface area contributed by atoms with Crippen LogP contribution in [0.1, 0.15) is 0 Å². The molecule has 0 heterocycles. The van der Waals surface area contributed by atoms with Crippen molar-refractivity contribution in [2.75, 3.05) is 6.26 Å². The summed E-state index contributed by atoms with van der Waals surface area (Å²) in [6.07, 6.45) is 0.715. The van der Waals surface area contributed by atoms with Crippen LogP contribution >= 0.6 is 0 Å². The Bertz CT molecular complexity index is 144. The lowest BCUT2D eigenvalue weighted by molar-refractivity contribution is -0.175. The van der Waals surface area contributed by atoms with E-state index in [4.69, 9.17) is 10.2 Å². The van der Waals surface area contributed by atoms with Gasteiger partial charge in [-0.1, -0.05) is 0 Å². The van der Waals surface area contributed by atoms with Crippen molar-refractivity contribution in [3.63, 3.8) is 0 Å². The fourth-order valence-electron chi connectivity index (χ4n) is 0.156. The zero-order chi connectivity index (χ0) is 6.78. The third-order valence-electron chi connectivity index (χ3n) is 0.261. The van der Waals surface area contributed by atoms with Gasteiger partial charge in [-0.2, -0.15) is 8.42 Å². The highest BCUT2D eigenvalue weighted by Gasteiger charge is 2.06. The van der Waals surface area contributed by atoms with Crippen molar-refractivity contribution >= 4 is 10.1 Å². The van der Waals surface area contributed by atoms with Crippen molar-refractivity contribution in [2.24, 2.45) is 0 Å². The number of hydrogen-bond acceptors (Lipinski definition) is 5. The van der Waals surface area contributed by atoms with Gasteiger partial charge in [0.25, 0.3) is 16.6 Å². The molecule has 50 valence electrons. The van der Waals surface area contributed by atoms with E-state index in [9.17, 15) is 8.42 Å². The van der Waals surface area contributed by atoms with Crippen LogP contribution in [0.2, 0.25) is 0 Å². The molecule has 0 saturated heterocycles. The maximum atomic E-state index is 9.90. The Kier molecular flexibility index (Phi) is 2.35. The monoisotopic (exact) mass is 142 g/mol. The molecule has 0 aromatic carbocycles. The quantitative estimate of drug-likeness (QED) is 0.352. The summed E-state index contributed by atoms with van der Waals surface area (Å²) in [4.78, 5) is 0. The van der Waals surface area contributed by atoms with E-state index in [0.717, 1.165) is 0 Å². The maximum Gasteiger partial charge on any atom is 0.282 e. The largest absolute Gasteiger partial charge is 0.345 e. The lowest BCUT2D eigenvalue weighted by Gasteiger charge is -1.99. The van der Waals surface area contributed by atoms with E-state index in [2.05, 4.69) is 4.18 Å². The molecule has 0 fully saturated rings. The lowest BCUT2D eigenvalue weighted by atomic mass is 11.4. The Hall–Kier alpha value is -0.170. The molecule has 6 heteroatoms. The summed E-state index contributed by atoms with van der Waals surface area (Å²) in [5.74, 6) is 0. The molecule has 0 rings (SSSR count). The smallest absolute Gasteiger partial charge is 0.282 e. The molecule has 0 radical (unpaired) electrons. The van der Waals surface area contributed by atoms with Crippen LogP contribution in [0.25, 0.3) is 0 Å². The van der Waals surface area contributed by atoms with Gasteiger partial charge < -0.3 is 10.2 Å². The standard InChI is InChI=1S/C2H6O5S/c1-8(5,6)7-2(3)4/h2-4H,1H3. The Morgan fingerprint density at radius 3 is 1.88 bits per heavy atom. The molecule has 0 amide bonds. The minimum atomic E-state index is -3.72. The summed E-state index contributed by atoms with van der Waals surface area (Å²) >= 11 is 0. The predicted molar refractivity (Wildman–Crippen MR) is 24.2 cm³/mol. The van der Waals surface area contributed by atoms with Crippen LogP contribution in [-0.4, -0.2) is 31.4 Å². The van der Waals surface area contributed by atoms with Crippen LogP contribution in [0, 0.1) is 0 Å². The molecule has 0 bridgehead atoms. The Morgan fingerprint density at radius 2 is 1.88 bits per heavy atom. The topological polar surface area (TPSA) is 83.8 Å². The van der Waals surface area contributed by atoms with Gasteiger partial charge in [0.15, 0.2) is 0 Å². The number of aliphatic hydroxyl groups excluding tert-OH is 1. The summed E-state index contributed by atoms with van der Waals surface area (Å²) in [5.41, 5.74) is 0. The fraction of sp³-hybridized carbons (Fsp3) is 1.00. The molecule has 2 N–H and O–H groups in total. The van der Waals surface area contributed by atoms with E-state index in [-0.39, 0.29) is 0 Å². The van der Waals surface area contributed by atoms with Crippen LogP contribution < -0.4 is 0 Å². The second-order valence-corrected chi connectivity index (χ2v) is 2.73. The molecule has 0 atom stereocenters. The molecule has 0 spiro atoms. The van der Waals surface area contributed by atoms with E-state index >= 15 is 0 Å². The van der Waals surface area contributed by atoms with E-state index < -0.39 is 16.6 Å². The van der Waals surface area contributed by atoms with Gasteiger partial charge in [0.2, 0.25) is 0 Å². The summed E-state index contributed by atoms with van der Waals surface area (Å²) in [6, 6.07) is 0. The lowest BCUT2D eigenvalue weighted by Crippen LogP contribution is -2.15. The predicted octanol–water partition coefficient (Wildman–Crippen LogP) is -1.77. The third kappa shape index (κ3) is 5.83. The highest BCUT2D eigenvalue weighted by atomic mass is 32.2. The Balaban J connectivity index is 3.75. The second-order valence-electron chi connectivity index (χ2n) is 1.13. The first kappa shape index (κ1) is 7.83. The van der Waals surface area contributed by atoms with E-state index in [1.54, 1.807) is 0 Å². The average molecular weight is 142 g/mol. The first-order valence-corrected chi connectivity index (χ1v) is 3.48. The van der Waals surface area contributed by atoms with Crippen molar-refractivity contribution in [1.29, 1.82) is 0 Å². The van der Waals surface area contributed by atoms with Crippen molar-refractivity contribution < 1.29 is 22.8 Å². The van der Waals surface area contributed by atoms with Gasteiger partial charge in [0.05, 0.1) is 6.26 Å². The van der Waals surface area contributed by atoms with Crippen LogP contribution in [-0.2, 0) is 14.3 Å².